The number of aromatic nitrogens is 2. The Kier molecular flexibility index (Phi) is 6.54. The quantitative estimate of drug-likeness (QED) is 0.524. The van der Waals surface area contributed by atoms with Gasteiger partial charge in [0.2, 0.25) is 11.8 Å². The predicted molar refractivity (Wildman–Crippen MR) is 147 cm³/mol. The Hall–Kier alpha value is -3.48. The van der Waals surface area contributed by atoms with Crippen LogP contribution in [0.1, 0.15) is 48.9 Å². The molecule has 3 aliphatic rings. The van der Waals surface area contributed by atoms with Gasteiger partial charge in [-0.3, -0.25) is 14.4 Å². The van der Waals surface area contributed by atoms with Crippen molar-refractivity contribution in [3.8, 4) is 0 Å². The van der Waals surface area contributed by atoms with Gasteiger partial charge < -0.3 is 14.4 Å². The van der Waals surface area contributed by atoms with Crippen molar-refractivity contribution in [1.82, 2.24) is 19.4 Å². The highest BCUT2D eigenvalue weighted by atomic mass is 16.2. The number of nitrogens with zero attached hydrogens (tertiary/aromatic N) is 4. The van der Waals surface area contributed by atoms with Gasteiger partial charge in [0.25, 0.3) is 5.56 Å². The molecule has 0 N–H and O–H groups in total. The van der Waals surface area contributed by atoms with Crippen molar-refractivity contribution >= 4 is 22.8 Å². The first-order valence-electron chi connectivity index (χ1n) is 14.0. The number of carbonyl (C=O) groups excluding carboxylic acids is 2. The lowest BCUT2D eigenvalue weighted by atomic mass is 9.77. The third-order valence-corrected chi connectivity index (χ3v) is 9.19. The van der Waals surface area contributed by atoms with Crippen molar-refractivity contribution in [1.29, 1.82) is 0 Å². The molecule has 0 atom stereocenters. The molecule has 2 fully saturated rings. The molecule has 1 aromatic heterocycles. The fourth-order valence-corrected chi connectivity index (χ4v) is 6.84. The van der Waals surface area contributed by atoms with E-state index >= 15 is 0 Å². The third kappa shape index (κ3) is 4.74. The molecule has 3 aromatic rings. The van der Waals surface area contributed by atoms with Crippen LogP contribution in [-0.4, -0.2) is 57.3 Å². The molecule has 198 valence electrons. The van der Waals surface area contributed by atoms with Gasteiger partial charge in [0.15, 0.2) is 0 Å². The highest BCUT2D eigenvalue weighted by molar-refractivity contribution is 5.78. The molecule has 38 heavy (non-hydrogen) atoms. The van der Waals surface area contributed by atoms with Crippen molar-refractivity contribution in [2.24, 2.45) is 18.4 Å². The average molecular weight is 513 g/mol. The van der Waals surface area contributed by atoms with Gasteiger partial charge in [0, 0.05) is 52.5 Å². The van der Waals surface area contributed by atoms with E-state index < -0.39 is 0 Å². The number of piperidine rings is 1. The zero-order valence-corrected chi connectivity index (χ0v) is 22.2. The third-order valence-electron chi connectivity index (χ3n) is 9.19. The van der Waals surface area contributed by atoms with E-state index in [-0.39, 0.29) is 22.8 Å². The molecular weight excluding hydrogens is 476 g/mol. The number of para-hydroxylation sites is 2. The van der Waals surface area contributed by atoms with Crippen LogP contribution in [0.4, 0.5) is 0 Å². The maximum Gasteiger partial charge on any atom is 0.272 e. The first kappa shape index (κ1) is 24.8. The monoisotopic (exact) mass is 512 g/mol. The SMILES string of the molecule is Cn1c(=O)c(CCC(=O)N2CCC3(CCN(C(=O)CC4Cc5ccccc5C4)CC3)C2)nc2ccccc21. The first-order chi connectivity index (χ1) is 18.4. The van der Waals surface area contributed by atoms with Gasteiger partial charge in [-0.2, -0.15) is 0 Å². The molecular formula is C31H36N4O3. The zero-order chi connectivity index (χ0) is 26.3. The molecule has 0 bridgehead atoms. The van der Waals surface area contributed by atoms with E-state index in [1.807, 2.05) is 29.2 Å². The molecule has 1 spiro atoms. The molecule has 0 saturated carbocycles. The molecule has 2 saturated heterocycles. The van der Waals surface area contributed by atoms with Gasteiger partial charge in [-0.05, 0) is 66.7 Å². The van der Waals surface area contributed by atoms with E-state index in [0.717, 1.165) is 69.3 Å². The summed E-state index contributed by atoms with van der Waals surface area (Å²) in [5.41, 5.74) is 4.81. The summed E-state index contributed by atoms with van der Waals surface area (Å²) < 4.78 is 1.62. The van der Waals surface area contributed by atoms with Crippen LogP contribution in [0.15, 0.2) is 53.3 Å². The first-order valence-corrected chi connectivity index (χ1v) is 14.0. The molecule has 2 aliphatic heterocycles. The average Bonchev–Trinajstić information content (AvgIpc) is 3.54. The van der Waals surface area contributed by atoms with E-state index in [4.69, 9.17) is 0 Å². The largest absolute Gasteiger partial charge is 0.343 e. The van der Waals surface area contributed by atoms with Crippen LogP contribution in [0.2, 0.25) is 0 Å². The topological polar surface area (TPSA) is 75.5 Å². The number of likely N-dealkylation sites (tertiary alicyclic amines) is 2. The molecule has 6 rings (SSSR count). The van der Waals surface area contributed by atoms with Crippen molar-refractivity contribution < 1.29 is 9.59 Å². The van der Waals surface area contributed by atoms with Gasteiger partial charge in [0.05, 0.1) is 11.0 Å². The second-order valence-corrected chi connectivity index (χ2v) is 11.6. The Balaban J connectivity index is 0.999. The van der Waals surface area contributed by atoms with Crippen molar-refractivity contribution in [2.45, 2.75) is 51.4 Å². The Morgan fingerprint density at radius 3 is 2.24 bits per heavy atom. The summed E-state index contributed by atoms with van der Waals surface area (Å²) in [5.74, 6) is 0.801. The molecule has 1 aliphatic carbocycles. The fourth-order valence-electron chi connectivity index (χ4n) is 6.84. The summed E-state index contributed by atoms with van der Waals surface area (Å²) in [4.78, 5) is 47.5. The lowest BCUT2D eigenvalue weighted by Gasteiger charge is -2.39. The van der Waals surface area contributed by atoms with E-state index in [0.29, 0.717) is 30.9 Å². The second kappa shape index (κ2) is 10.0. The number of carbonyl (C=O) groups is 2. The maximum atomic E-state index is 13.1. The van der Waals surface area contributed by atoms with Crippen LogP contribution in [0.5, 0.6) is 0 Å². The van der Waals surface area contributed by atoms with Gasteiger partial charge in [-0.15, -0.1) is 0 Å². The summed E-state index contributed by atoms with van der Waals surface area (Å²) in [5, 5.41) is 0. The second-order valence-electron chi connectivity index (χ2n) is 11.6. The summed E-state index contributed by atoms with van der Waals surface area (Å²) in [6.45, 7) is 3.10. The van der Waals surface area contributed by atoms with Crippen LogP contribution in [0.3, 0.4) is 0 Å². The Labute approximate surface area is 223 Å². The Morgan fingerprint density at radius 2 is 1.53 bits per heavy atom. The smallest absolute Gasteiger partial charge is 0.272 e. The minimum atomic E-state index is -0.132. The molecule has 7 heteroatoms. The summed E-state index contributed by atoms with van der Waals surface area (Å²) in [7, 11) is 1.76. The molecule has 7 nitrogen and oxygen atoms in total. The van der Waals surface area contributed by atoms with Crippen LogP contribution < -0.4 is 5.56 Å². The lowest BCUT2D eigenvalue weighted by molar-refractivity contribution is -0.135. The summed E-state index contributed by atoms with van der Waals surface area (Å²) in [6.07, 6.45) is 6.22. The molecule has 0 radical (unpaired) electrons. The van der Waals surface area contributed by atoms with E-state index in [2.05, 4.69) is 34.1 Å². The highest BCUT2D eigenvalue weighted by Crippen LogP contribution is 2.41. The number of benzene rings is 2. The standard InChI is InChI=1S/C31H36N4O3/c1-33-27-9-5-4-8-25(27)32-26(30(33)38)10-11-28(36)35-17-14-31(21-35)12-15-34(16-13-31)29(37)20-22-18-23-6-2-3-7-24(23)19-22/h2-9,22H,10-21H2,1H3. The molecule has 3 heterocycles. The number of fused-ring (bicyclic) bond motifs is 2. The van der Waals surface area contributed by atoms with Crippen molar-refractivity contribution in [3.05, 3.63) is 75.7 Å². The van der Waals surface area contributed by atoms with Gasteiger partial charge >= 0.3 is 0 Å². The van der Waals surface area contributed by atoms with Gasteiger partial charge in [-0.25, -0.2) is 4.98 Å². The summed E-state index contributed by atoms with van der Waals surface area (Å²) in [6, 6.07) is 16.1. The fraction of sp³-hybridized carbons (Fsp3) is 0.484. The number of hydrogen-bond donors (Lipinski definition) is 0. The predicted octanol–water partition coefficient (Wildman–Crippen LogP) is 3.51. The summed E-state index contributed by atoms with van der Waals surface area (Å²) >= 11 is 0. The number of hydrogen-bond acceptors (Lipinski definition) is 4. The van der Waals surface area contributed by atoms with E-state index in [1.54, 1.807) is 11.6 Å². The normalized spacial score (nSPS) is 18.9. The van der Waals surface area contributed by atoms with Crippen LogP contribution in [0.25, 0.3) is 11.0 Å². The Bertz CT molecular complexity index is 1410. The van der Waals surface area contributed by atoms with Crippen LogP contribution in [-0.2, 0) is 35.9 Å². The van der Waals surface area contributed by atoms with Gasteiger partial charge in [-0.1, -0.05) is 36.4 Å². The zero-order valence-electron chi connectivity index (χ0n) is 22.2. The molecule has 2 aromatic carbocycles. The number of amides is 2. The van der Waals surface area contributed by atoms with Gasteiger partial charge in [0.1, 0.15) is 5.69 Å². The number of rotatable bonds is 5. The van der Waals surface area contributed by atoms with Crippen LogP contribution >= 0.6 is 0 Å². The lowest BCUT2D eigenvalue weighted by Crippen LogP contribution is -2.45. The molecule has 0 unspecified atom stereocenters. The van der Waals surface area contributed by atoms with Crippen molar-refractivity contribution in [2.75, 3.05) is 26.2 Å². The number of aryl methyl sites for hydroxylation is 2. The molecule has 2 amide bonds. The minimum absolute atomic E-state index is 0.0955. The van der Waals surface area contributed by atoms with E-state index in [9.17, 15) is 14.4 Å². The van der Waals surface area contributed by atoms with E-state index in [1.165, 1.54) is 11.1 Å². The van der Waals surface area contributed by atoms with Crippen LogP contribution in [0, 0.1) is 11.3 Å². The minimum Gasteiger partial charge on any atom is -0.343 e. The van der Waals surface area contributed by atoms with Crippen molar-refractivity contribution in [3.63, 3.8) is 0 Å². The maximum absolute atomic E-state index is 13.1. The highest BCUT2D eigenvalue weighted by Gasteiger charge is 2.42. The Morgan fingerprint density at radius 1 is 0.895 bits per heavy atom.